The maximum Gasteiger partial charge on any atom is 0.354 e. The van der Waals surface area contributed by atoms with Crippen LogP contribution in [0.25, 0.3) is 0 Å². The number of benzene rings is 1. The normalized spacial score (nSPS) is 13.4. The molecule has 0 aliphatic rings. The Morgan fingerprint density at radius 2 is 1.67 bits per heavy atom. The molecule has 0 heterocycles. The molecule has 0 spiro atoms. The van der Waals surface area contributed by atoms with Crippen molar-refractivity contribution in [3.8, 4) is 0 Å². The molecule has 0 atom stereocenters. The zero-order valence-electron chi connectivity index (χ0n) is 12.5. The summed E-state index contributed by atoms with van der Waals surface area (Å²) in [5, 5.41) is 0. The first kappa shape index (κ1) is 18.1. The smallest absolute Gasteiger partial charge is 0.306 e. The highest BCUT2D eigenvalue weighted by Crippen LogP contribution is 2.50. The molecular formula is C14H21O5PS. The van der Waals surface area contributed by atoms with Crippen LogP contribution in [0.15, 0.2) is 46.6 Å². The zero-order chi connectivity index (χ0) is 15.9. The topological polar surface area (TPSA) is 69.7 Å². The summed E-state index contributed by atoms with van der Waals surface area (Å²) in [5.41, 5.74) is 0.434. The molecule has 0 saturated heterocycles. The number of rotatable bonds is 8. The molecule has 1 aromatic rings. The van der Waals surface area contributed by atoms with E-state index in [2.05, 4.69) is 0 Å². The Balaban J connectivity index is 2.96. The van der Waals surface area contributed by atoms with E-state index in [0.29, 0.717) is 5.57 Å². The third-order valence-electron chi connectivity index (χ3n) is 2.52. The molecule has 0 aliphatic carbocycles. The van der Waals surface area contributed by atoms with Crippen molar-refractivity contribution in [3.63, 3.8) is 0 Å². The highest BCUT2D eigenvalue weighted by molar-refractivity contribution is 7.91. The lowest BCUT2D eigenvalue weighted by Crippen LogP contribution is -2.08. The van der Waals surface area contributed by atoms with Crippen LogP contribution in [0.1, 0.15) is 20.8 Å². The Kier molecular flexibility index (Phi) is 6.81. The first-order chi connectivity index (χ1) is 9.83. The lowest BCUT2D eigenvalue weighted by Gasteiger charge is -2.14. The van der Waals surface area contributed by atoms with Crippen molar-refractivity contribution in [2.24, 2.45) is 0 Å². The van der Waals surface area contributed by atoms with E-state index in [1.807, 2.05) is 0 Å². The number of sulfone groups is 1. The molecule has 0 radical (unpaired) electrons. The van der Waals surface area contributed by atoms with Crippen LogP contribution < -0.4 is 0 Å². The average molecular weight is 332 g/mol. The van der Waals surface area contributed by atoms with Crippen molar-refractivity contribution in [1.82, 2.24) is 0 Å². The summed E-state index contributed by atoms with van der Waals surface area (Å²) >= 11 is 0. The zero-order valence-corrected chi connectivity index (χ0v) is 14.2. The van der Waals surface area contributed by atoms with Crippen LogP contribution in [0.5, 0.6) is 0 Å². The molecule has 118 valence electrons. The van der Waals surface area contributed by atoms with Crippen LogP contribution in [-0.2, 0) is 23.4 Å². The Labute approximate surface area is 126 Å². The van der Waals surface area contributed by atoms with E-state index in [4.69, 9.17) is 9.05 Å². The molecule has 0 bridgehead atoms. The molecule has 1 aromatic carbocycles. The van der Waals surface area contributed by atoms with E-state index in [9.17, 15) is 13.0 Å². The van der Waals surface area contributed by atoms with E-state index in [-0.39, 0.29) is 23.9 Å². The second-order valence-corrected chi connectivity index (χ2v) is 8.27. The minimum Gasteiger partial charge on any atom is -0.306 e. The molecule has 0 aromatic heterocycles. The lowest BCUT2D eigenvalue weighted by molar-refractivity contribution is 0.228. The fraction of sp³-hybridized carbons (Fsp3) is 0.429. The van der Waals surface area contributed by atoms with Gasteiger partial charge in [-0.05, 0) is 38.5 Å². The minimum absolute atomic E-state index is 0.221. The maximum atomic E-state index is 12.3. The van der Waals surface area contributed by atoms with Gasteiger partial charge < -0.3 is 9.05 Å². The van der Waals surface area contributed by atoms with Gasteiger partial charge in [-0.25, -0.2) is 8.42 Å². The summed E-state index contributed by atoms with van der Waals surface area (Å²) in [6.45, 7) is 5.47. The van der Waals surface area contributed by atoms with Gasteiger partial charge in [-0.2, -0.15) is 0 Å². The molecule has 1 rings (SSSR count). The van der Waals surface area contributed by atoms with Crippen LogP contribution in [0, 0.1) is 0 Å². The van der Waals surface area contributed by atoms with Gasteiger partial charge in [-0.1, -0.05) is 18.2 Å². The lowest BCUT2D eigenvalue weighted by atomic mass is 10.4. The van der Waals surface area contributed by atoms with Crippen molar-refractivity contribution in [3.05, 3.63) is 41.7 Å². The Bertz CT molecular complexity index is 612. The van der Waals surface area contributed by atoms with E-state index < -0.39 is 17.4 Å². The summed E-state index contributed by atoms with van der Waals surface area (Å²) in [6.07, 6.45) is 0. The summed E-state index contributed by atoms with van der Waals surface area (Å²) in [6, 6.07) is 8.15. The Morgan fingerprint density at radius 3 is 2.14 bits per heavy atom. The van der Waals surface area contributed by atoms with Gasteiger partial charge in [-0.3, -0.25) is 4.57 Å². The average Bonchev–Trinajstić information content (AvgIpc) is 2.39. The monoisotopic (exact) mass is 332 g/mol. The molecule has 21 heavy (non-hydrogen) atoms. The van der Waals surface area contributed by atoms with Crippen LogP contribution in [0.3, 0.4) is 0 Å². The predicted molar refractivity (Wildman–Crippen MR) is 83.1 cm³/mol. The van der Waals surface area contributed by atoms with Crippen molar-refractivity contribution >= 4 is 17.4 Å². The van der Waals surface area contributed by atoms with Crippen LogP contribution in [0.2, 0.25) is 0 Å². The summed E-state index contributed by atoms with van der Waals surface area (Å²) in [7, 11) is -6.84. The van der Waals surface area contributed by atoms with Gasteiger partial charge in [0.05, 0.1) is 23.9 Å². The third kappa shape index (κ3) is 5.75. The van der Waals surface area contributed by atoms with Gasteiger partial charge in [0.2, 0.25) is 0 Å². The number of hydrogen-bond acceptors (Lipinski definition) is 5. The molecule has 5 nitrogen and oxygen atoms in total. The molecule has 0 amide bonds. The highest BCUT2D eigenvalue weighted by Gasteiger charge is 2.22. The fourth-order valence-electron chi connectivity index (χ4n) is 1.79. The SMILES string of the molecule is CCOP(=O)(/C=C(/C)CS(=O)(=O)c1ccccc1)OCC. The van der Waals surface area contributed by atoms with Crippen LogP contribution in [0.4, 0.5) is 0 Å². The van der Waals surface area contributed by atoms with Gasteiger partial charge in [-0.15, -0.1) is 0 Å². The number of hydrogen-bond donors (Lipinski definition) is 0. The second kappa shape index (κ2) is 7.90. The summed E-state index contributed by atoms with van der Waals surface area (Å²) in [4.78, 5) is 0.236. The van der Waals surface area contributed by atoms with Gasteiger partial charge in [0.25, 0.3) is 0 Å². The molecular weight excluding hydrogens is 311 g/mol. The van der Waals surface area contributed by atoms with Crippen molar-refractivity contribution < 1.29 is 22.0 Å². The predicted octanol–water partition coefficient (Wildman–Crippen LogP) is 3.63. The van der Waals surface area contributed by atoms with Crippen molar-refractivity contribution in [2.45, 2.75) is 25.7 Å². The maximum absolute atomic E-state index is 12.3. The van der Waals surface area contributed by atoms with Crippen molar-refractivity contribution in [1.29, 1.82) is 0 Å². The van der Waals surface area contributed by atoms with Crippen molar-refractivity contribution in [2.75, 3.05) is 19.0 Å². The minimum atomic E-state index is -3.46. The quantitative estimate of drug-likeness (QED) is 0.680. The first-order valence-corrected chi connectivity index (χ1v) is 9.94. The Hall–Kier alpha value is -0.940. The highest BCUT2D eigenvalue weighted by atomic mass is 32.2. The van der Waals surface area contributed by atoms with E-state index in [1.165, 1.54) is 17.9 Å². The molecule has 0 aliphatic heterocycles. The molecule has 0 N–H and O–H groups in total. The van der Waals surface area contributed by atoms with E-state index >= 15 is 0 Å². The third-order valence-corrected chi connectivity index (χ3v) is 6.34. The van der Waals surface area contributed by atoms with E-state index in [0.717, 1.165) is 0 Å². The molecule has 0 fully saturated rings. The first-order valence-electron chi connectivity index (χ1n) is 6.68. The largest absolute Gasteiger partial charge is 0.354 e. The Morgan fingerprint density at radius 1 is 1.14 bits per heavy atom. The second-order valence-electron chi connectivity index (χ2n) is 4.42. The van der Waals surface area contributed by atoms with Gasteiger partial charge in [0, 0.05) is 5.82 Å². The standard InChI is InChI=1S/C14H21O5PS/c1-4-18-20(15,19-5-2)11-13(3)12-21(16,17)14-9-7-6-8-10-14/h6-11H,4-5,12H2,1-3H3/b13-11-. The molecule has 0 unspecified atom stereocenters. The van der Waals surface area contributed by atoms with Gasteiger partial charge >= 0.3 is 7.60 Å². The summed E-state index contributed by atoms with van der Waals surface area (Å²) < 4.78 is 47.0. The van der Waals surface area contributed by atoms with Crippen LogP contribution >= 0.6 is 7.60 Å². The van der Waals surface area contributed by atoms with Gasteiger partial charge in [0.1, 0.15) is 0 Å². The van der Waals surface area contributed by atoms with E-state index in [1.54, 1.807) is 39.0 Å². The molecule has 0 saturated carbocycles. The fourth-order valence-corrected chi connectivity index (χ4v) is 4.91. The van der Waals surface area contributed by atoms with Gasteiger partial charge in [0.15, 0.2) is 9.84 Å². The summed E-state index contributed by atoms with van der Waals surface area (Å²) in [5.74, 6) is 1.07. The molecule has 7 heteroatoms. The van der Waals surface area contributed by atoms with Crippen LogP contribution in [-0.4, -0.2) is 27.4 Å².